The SMILES string of the molecule is Cc1cc(C)c(CC2(O)CCCN(C(C)C)CC2)c(C)c1. The molecule has 0 saturated carbocycles. The van der Waals surface area contributed by atoms with Crippen molar-refractivity contribution in [3.05, 3.63) is 34.4 Å². The van der Waals surface area contributed by atoms with E-state index in [0.717, 1.165) is 38.8 Å². The number of nitrogens with zero attached hydrogens (tertiary/aromatic N) is 1. The zero-order chi connectivity index (χ0) is 15.6. The van der Waals surface area contributed by atoms with E-state index in [1.54, 1.807) is 0 Å². The summed E-state index contributed by atoms with van der Waals surface area (Å²) in [6.07, 6.45) is 3.70. The highest BCUT2D eigenvalue weighted by Gasteiger charge is 2.31. The summed E-state index contributed by atoms with van der Waals surface area (Å²) in [6, 6.07) is 5.06. The summed E-state index contributed by atoms with van der Waals surface area (Å²) in [5.41, 5.74) is 4.78. The van der Waals surface area contributed by atoms with Gasteiger partial charge in [-0.1, -0.05) is 17.7 Å². The Hall–Kier alpha value is -0.860. The first-order valence-electron chi connectivity index (χ1n) is 8.34. The summed E-state index contributed by atoms with van der Waals surface area (Å²) >= 11 is 0. The van der Waals surface area contributed by atoms with Crippen LogP contribution in [0.2, 0.25) is 0 Å². The minimum Gasteiger partial charge on any atom is -0.389 e. The Labute approximate surface area is 130 Å². The fourth-order valence-corrected chi connectivity index (χ4v) is 3.71. The van der Waals surface area contributed by atoms with E-state index in [4.69, 9.17) is 0 Å². The molecule has 1 unspecified atom stereocenters. The van der Waals surface area contributed by atoms with Gasteiger partial charge in [0.15, 0.2) is 0 Å². The van der Waals surface area contributed by atoms with Crippen LogP contribution in [0.3, 0.4) is 0 Å². The van der Waals surface area contributed by atoms with Crippen LogP contribution in [0.25, 0.3) is 0 Å². The molecule has 1 atom stereocenters. The first-order chi connectivity index (χ1) is 9.81. The summed E-state index contributed by atoms with van der Waals surface area (Å²) in [6.45, 7) is 13.1. The molecule has 2 rings (SSSR count). The molecule has 1 saturated heterocycles. The highest BCUT2D eigenvalue weighted by Crippen LogP contribution is 2.30. The summed E-state index contributed by atoms with van der Waals surface area (Å²) in [5, 5.41) is 11.1. The largest absolute Gasteiger partial charge is 0.389 e. The second-order valence-corrected chi connectivity index (χ2v) is 7.26. The summed E-state index contributed by atoms with van der Waals surface area (Å²) in [5.74, 6) is 0. The Morgan fingerprint density at radius 2 is 1.71 bits per heavy atom. The maximum Gasteiger partial charge on any atom is 0.0700 e. The molecular weight excluding hydrogens is 258 g/mol. The van der Waals surface area contributed by atoms with Crippen LogP contribution < -0.4 is 0 Å². The smallest absolute Gasteiger partial charge is 0.0700 e. The maximum absolute atomic E-state index is 11.1. The van der Waals surface area contributed by atoms with Gasteiger partial charge >= 0.3 is 0 Å². The van der Waals surface area contributed by atoms with E-state index in [1.807, 2.05) is 0 Å². The molecule has 2 heteroatoms. The molecule has 0 spiro atoms. The molecule has 1 N–H and O–H groups in total. The fourth-order valence-electron chi connectivity index (χ4n) is 3.71. The topological polar surface area (TPSA) is 23.5 Å². The third kappa shape index (κ3) is 4.08. The molecule has 1 aliphatic heterocycles. The number of aliphatic hydroxyl groups is 1. The van der Waals surface area contributed by atoms with Gasteiger partial charge in [-0.05, 0) is 77.1 Å². The first kappa shape index (κ1) is 16.5. The molecule has 0 bridgehead atoms. The summed E-state index contributed by atoms with van der Waals surface area (Å²) in [7, 11) is 0. The van der Waals surface area contributed by atoms with E-state index in [0.29, 0.717) is 6.04 Å². The molecular formula is C19H31NO. The van der Waals surface area contributed by atoms with Gasteiger partial charge in [-0.15, -0.1) is 0 Å². The van der Waals surface area contributed by atoms with Crippen LogP contribution in [0.5, 0.6) is 0 Å². The molecule has 118 valence electrons. The molecule has 1 aliphatic rings. The lowest BCUT2D eigenvalue weighted by molar-refractivity contribution is 0.0246. The van der Waals surface area contributed by atoms with E-state index >= 15 is 0 Å². The lowest BCUT2D eigenvalue weighted by Gasteiger charge is -2.29. The van der Waals surface area contributed by atoms with Gasteiger partial charge in [-0.3, -0.25) is 0 Å². The van der Waals surface area contributed by atoms with Crippen LogP contribution in [0.4, 0.5) is 0 Å². The Morgan fingerprint density at radius 3 is 2.29 bits per heavy atom. The van der Waals surface area contributed by atoms with Crippen molar-refractivity contribution in [2.75, 3.05) is 13.1 Å². The highest BCUT2D eigenvalue weighted by atomic mass is 16.3. The fraction of sp³-hybridized carbons (Fsp3) is 0.684. The van der Waals surface area contributed by atoms with Crippen LogP contribution in [0.15, 0.2) is 12.1 Å². The van der Waals surface area contributed by atoms with Crippen molar-refractivity contribution in [1.82, 2.24) is 4.90 Å². The van der Waals surface area contributed by atoms with Gasteiger partial charge in [0.05, 0.1) is 5.60 Å². The third-order valence-electron chi connectivity index (χ3n) is 5.03. The van der Waals surface area contributed by atoms with Crippen LogP contribution in [-0.2, 0) is 6.42 Å². The number of rotatable bonds is 3. The Kier molecular flexibility index (Phi) is 5.11. The first-order valence-corrected chi connectivity index (χ1v) is 8.34. The van der Waals surface area contributed by atoms with Crippen LogP contribution >= 0.6 is 0 Å². The number of benzene rings is 1. The zero-order valence-corrected chi connectivity index (χ0v) is 14.4. The Bertz CT molecular complexity index is 471. The Balaban J connectivity index is 2.15. The second kappa shape index (κ2) is 6.50. The number of aryl methyl sites for hydroxylation is 3. The average molecular weight is 289 g/mol. The van der Waals surface area contributed by atoms with Crippen molar-refractivity contribution in [1.29, 1.82) is 0 Å². The van der Waals surface area contributed by atoms with Crippen molar-refractivity contribution >= 4 is 0 Å². The number of hydrogen-bond acceptors (Lipinski definition) is 2. The van der Waals surface area contributed by atoms with Crippen LogP contribution in [0.1, 0.15) is 55.4 Å². The van der Waals surface area contributed by atoms with Crippen molar-refractivity contribution in [3.8, 4) is 0 Å². The third-order valence-corrected chi connectivity index (χ3v) is 5.03. The van der Waals surface area contributed by atoms with Crippen molar-refractivity contribution < 1.29 is 5.11 Å². The van der Waals surface area contributed by atoms with Gasteiger partial charge in [0.2, 0.25) is 0 Å². The van der Waals surface area contributed by atoms with E-state index in [2.05, 4.69) is 51.7 Å². The molecule has 1 aromatic rings. The number of likely N-dealkylation sites (tertiary alicyclic amines) is 1. The predicted molar refractivity (Wildman–Crippen MR) is 89.9 cm³/mol. The van der Waals surface area contributed by atoms with Crippen LogP contribution in [-0.4, -0.2) is 34.7 Å². The average Bonchev–Trinajstić information content (AvgIpc) is 2.56. The zero-order valence-electron chi connectivity index (χ0n) is 14.4. The summed E-state index contributed by atoms with van der Waals surface area (Å²) < 4.78 is 0. The van der Waals surface area contributed by atoms with Crippen LogP contribution in [0, 0.1) is 20.8 Å². The minimum absolute atomic E-state index is 0.533. The highest BCUT2D eigenvalue weighted by molar-refractivity contribution is 5.38. The van der Waals surface area contributed by atoms with Gasteiger partial charge < -0.3 is 10.0 Å². The van der Waals surface area contributed by atoms with Gasteiger partial charge in [0.25, 0.3) is 0 Å². The molecule has 1 fully saturated rings. The maximum atomic E-state index is 11.1. The molecule has 0 amide bonds. The predicted octanol–water partition coefficient (Wildman–Crippen LogP) is 3.78. The lowest BCUT2D eigenvalue weighted by atomic mass is 9.84. The molecule has 2 nitrogen and oxygen atoms in total. The number of hydrogen-bond donors (Lipinski definition) is 1. The minimum atomic E-state index is -0.533. The quantitative estimate of drug-likeness (QED) is 0.915. The lowest BCUT2D eigenvalue weighted by Crippen LogP contribution is -2.36. The normalized spacial score (nSPS) is 24.3. The van der Waals surface area contributed by atoms with E-state index in [9.17, 15) is 5.11 Å². The van der Waals surface area contributed by atoms with E-state index in [-0.39, 0.29) is 0 Å². The van der Waals surface area contributed by atoms with Gasteiger partial charge in [0.1, 0.15) is 0 Å². The van der Waals surface area contributed by atoms with Gasteiger partial charge in [-0.2, -0.15) is 0 Å². The van der Waals surface area contributed by atoms with E-state index < -0.39 is 5.60 Å². The molecule has 0 radical (unpaired) electrons. The molecule has 0 aliphatic carbocycles. The second-order valence-electron chi connectivity index (χ2n) is 7.26. The summed E-state index contributed by atoms with van der Waals surface area (Å²) in [4.78, 5) is 2.49. The van der Waals surface area contributed by atoms with Gasteiger partial charge in [0, 0.05) is 19.0 Å². The van der Waals surface area contributed by atoms with E-state index in [1.165, 1.54) is 22.3 Å². The van der Waals surface area contributed by atoms with Crippen molar-refractivity contribution in [2.24, 2.45) is 0 Å². The molecule has 1 aromatic carbocycles. The monoisotopic (exact) mass is 289 g/mol. The Morgan fingerprint density at radius 1 is 1.10 bits per heavy atom. The van der Waals surface area contributed by atoms with Crippen molar-refractivity contribution in [3.63, 3.8) is 0 Å². The molecule has 0 aromatic heterocycles. The molecule has 21 heavy (non-hydrogen) atoms. The van der Waals surface area contributed by atoms with Gasteiger partial charge in [-0.25, -0.2) is 0 Å². The molecule has 1 heterocycles. The van der Waals surface area contributed by atoms with Crippen molar-refractivity contribution in [2.45, 2.75) is 71.9 Å². The standard InChI is InChI=1S/C19H31NO/c1-14(2)20-9-6-7-19(21,8-10-20)13-18-16(4)11-15(3)12-17(18)5/h11-12,14,21H,6-10,13H2,1-5H3.